The highest BCUT2D eigenvalue weighted by molar-refractivity contribution is 5.50. The normalized spacial score (nSPS) is 15.8. The molecular weight excluding hydrogens is 236 g/mol. The van der Waals surface area contributed by atoms with E-state index in [9.17, 15) is 0 Å². The zero-order chi connectivity index (χ0) is 13.8. The Hall–Kier alpha value is -1.42. The highest BCUT2D eigenvalue weighted by atomic mass is 15.2. The lowest BCUT2D eigenvalue weighted by Gasteiger charge is -2.29. The van der Waals surface area contributed by atoms with Crippen LogP contribution in [0.1, 0.15) is 44.6 Å². The van der Waals surface area contributed by atoms with Gasteiger partial charge in [0.15, 0.2) is 0 Å². The quantitative estimate of drug-likeness (QED) is 0.844. The summed E-state index contributed by atoms with van der Waals surface area (Å²) >= 11 is 0. The van der Waals surface area contributed by atoms with Crippen LogP contribution in [0.4, 0.5) is 5.69 Å². The number of rotatable bonds is 4. The fourth-order valence-corrected chi connectivity index (χ4v) is 2.26. The molecule has 0 aliphatic carbocycles. The van der Waals surface area contributed by atoms with Gasteiger partial charge in [-0.1, -0.05) is 25.5 Å². The predicted octanol–water partition coefficient (Wildman–Crippen LogP) is 2.48. The Balaban J connectivity index is 2.28. The monoisotopic (exact) mass is 260 g/mol. The van der Waals surface area contributed by atoms with Crippen molar-refractivity contribution in [2.24, 2.45) is 0 Å². The van der Waals surface area contributed by atoms with Gasteiger partial charge in [0.1, 0.15) is 5.82 Å². The molecule has 0 saturated heterocycles. The maximum atomic E-state index is 4.72. The standard InChI is InChI=1S/C15H24N4/c1-11(2)15-17-10-14(13(18-15)9-16-4)19-7-5-12(3)6-8-19/h5,10-11,16H,6-9H2,1-4H3. The molecule has 4 nitrogen and oxygen atoms in total. The third-order valence-electron chi connectivity index (χ3n) is 3.50. The van der Waals surface area contributed by atoms with Gasteiger partial charge in [-0.3, -0.25) is 0 Å². The molecule has 2 heterocycles. The van der Waals surface area contributed by atoms with Crippen molar-refractivity contribution < 1.29 is 0 Å². The van der Waals surface area contributed by atoms with Gasteiger partial charge in [0.2, 0.25) is 0 Å². The number of anilines is 1. The van der Waals surface area contributed by atoms with Crippen molar-refractivity contribution in [3.8, 4) is 0 Å². The number of hydrogen-bond donors (Lipinski definition) is 1. The van der Waals surface area contributed by atoms with Crippen LogP contribution in [0, 0.1) is 0 Å². The lowest BCUT2D eigenvalue weighted by atomic mass is 10.1. The summed E-state index contributed by atoms with van der Waals surface area (Å²) in [6, 6.07) is 0. The number of nitrogens with one attached hydrogen (secondary N) is 1. The van der Waals surface area contributed by atoms with Crippen molar-refractivity contribution in [2.75, 3.05) is 25.0 Å². The smallest absolute Gasteiger partial charge is 0.131 e. The van der Waals surface area contributed by atoms with Gasteiger partial charge >= 0.3 is 0 Å². The molecule has 1 aromatic rings. The van der Waals surface area contributed by atoms with Gasteiger partial charge < -0.3 is 10.2 Å². The van der Waals surface area contributed by atoms with Crippen LogP contribution in [-0.2, 0) is 6.54 Å². The SMILES string of the molecule is CNCc1nc(C(C)C)ncc1N1CC=C(C)CC1. The molecule has 0 radical (unpaired) electrons. The molecule has 0 amide bonds. The van der Waals surface area contributed by atoms with E-state index in [1.165, 1.54) is 11.3 Å². The van der Waals surface area contributed by atoms with E-state index >= 15 is 0 Å². The molecule has 104 valence electrons. The van der Waals surface area contributed by atoms with Crippen molar-refractivity contribution >= 4 is 5.69 Å². The van der Waals surface area contributed by atoms with Crippen LogP contribution in [0.25, 0.3) is 0 Å². The van der Waals surface area contributed by atoms with Crippen LogP contribution in [0.15, 0.2) is 17.8 Å². The molecule has 1 aromatic heterocycles. The fourth-order valence-electron chi connectivity index (χ4n) is 2.26. The van der Waals surface area contributed by atoms with E-state index in [0.717, 1.165) is 37.6 Å². The van der Waals surface area contributed by atoms with Gasteiger partial charge in [-0.25, -0.2) is 9.97 Å². The molecule has 1 N–H and O–H groups in total. The Bertz CT molecular complexity index is 465. The van der Waals surface area contributed by atoms with Crippen LogP contribution in [0.2, 0.25) is 0 Å². The third-order valence-corrected chi connectivity index (χ3v) is 3.50. The van der Waals surface area contributed by atoms with Crippen LogP contribution in [0.3, 0.4) is 0 Å². The van der Waals surface area contributed by atoms with E-state index in [0.29, 0.717) is 5.92 Å². The van der Waals surface area contributed by atoms with Gasteiger partial charge in [0.25, 0.3) is 0 Å². The average molecular weight is 260 g/mol. The summed E-state index contributed by atoms with van der Waals surface area (Å²) in [6.45, 7) is 9.27. The number of aromatic nitrogens is 2. The van der Waals surface area contributed by atoms with E-state index in [4.69, 9.17) is 4.98 Å². The lowest BCUT2D eigenvalue weighted by Crippen LogP contribution is -2.30. The zero-order valence-corrected chi connectivity index (χ0v) is 12.4. The highest BCUT2D eigenvalue weighted by Gasteiger charge is 2.16. The van der Waals surface area contributed by atoms with Crippen LogP contribution in [0.5, 0.6) is 0 Å². The Kier molecular flexibility index (Phi) is 4.53. The third kappa shape index (κ3) is 3.32. The van der Waals surface area contributed by atoms with Gasteiger partial charge in [0, 0.05) is 25.6 Å². The first-order valence-electron chi connectivity index (χ1n) is 7.02. The van der Waals surface area contributed by atoms with Crippen LogP contribution in [-0.4, -0.2) is 30.1 Å². The van der Waals surface area contributed by atoms with E-state index in [2.05, 4.69) is 42.0 Å². The Labute approximate surface area is 115 Å². The minimum Gasteiger partial charge on any atom is -0.365 e. The molecule has 0 bridgehead atoms. The molecular formula is C15H24N4. The summed E-state index contributed by atoms with van der Waals surface area (Å²) in [6.07, 6.45) is 5.41. The second kappa shape index (κ2) is 6.15. The average Bonchev–Trinajstić information content (AvgIpc) is 2.40. The Morgan fingerprint density at radius 2 is 2.21 bits per heavy atom. The van der Waals surface area contributed by atoms with Crippen LogP contribution < -0.4 is 10.2 Å². The maximum absolute atomic E-state index is 4.72. The molecule has 0 atom stereocenters. The summed E-state index contributed by atoms with van der Waals surface area (Å²) in [5.41, 5.74) is 3.75. The van der Waals surface area contributed by atoms with Crippen molar-refractivity contribution in [1.82, 2.24) is 15.3 Å². The second-order valence-corrected chi connectivity index (χ2v) is 5.49. The first kappa shape index (κ1) is 14.0. The molecule has 1 aliphatic rings. The second-order valence-electron chi connectivity index (χ2n) is 5.49. The number of nitrogens with zero attached hydrogens (tertiary/aromatic N) is 3. The van der Waals surface area contributed by atoms with Gasteiger partial charge in [0.05, 0.1) is 17.6 Å². The summed E-state index contributed by atoms with van der Waals surface area (Å²) in [5, 5.41) is 3.21. The summed E-state index contributed by atoms with van der Waals surface area (Å²) in [4.78, 5) is 11.6. The molecule has 4 heteroatoms. The van der Waals surface area contributed by atoms with Crippen molar-refractivity contribution in [2.45, 2.75) is 39.7 Å². The molecule has 1 aliphatic heterocycles. The fraction of sp³-hybridized carbons (Fsp3) is 0.600. The highest BCUT2D eigenvalue weighted by Crippen LogP contribution is 2.23. The Morgan fingerprint density at radius 1 is 1.42 bits per heavy atom. The van der Waals surface area contributed by atoms with E-state index < -0.39 is 0 Å². The number of hydrogen-bond acceptors (Lipinski definition) is 4. The van der Waals surface area contributed by atoms with Crippen molar-refractivity contribution in [3.63, 3.8) is 0 Å². The molecule has 0 unspecified atom stereocenters. The molecule has 0 fully saturated rings. The van der Waals surface area contributed by atoms with Gasteiger partial charge in [-0.05, 0) is 20.4 Å². The van der Waals surface area contributed by atoms with E-state index in [1.54, 1.807) is 0 Å². The summed E-state index contributed by atoms with van der Waals surface area (Å²) in [7, 11) is 1.96. The molecule has 0 spiro atoms. The maximum Gasteiger partial charge on any atom is 0.131 e. The van der Waals surface area contributed by atoms with Gasteiger partial charge in [-0.2, -0.15) is 0 Å². The molecule has 2 rings (SSSR count). The minimum atomic E-state index is 0.369. The summed E-state index contributed by atoms with van der Waals surface area (Å²) in [5.74, 6) is 1.30. The first-order chi connectivity index (χ1) is 9.11. The molecule has 0 saturated carbocycles. The van der Waals surface area contributed by atoms with Crippen LogP contribution >= 0.6 is 0 Å². The van der Waals surface area contributed by atoms with Gasteiger partial charge in [-0.15, -0.1) is 0 Å². The Morgan fingerprint density at radius 3 is 2.79 bits per heavy atom. The zero-order valence-electron chi connectivity index (χ0n) is 12.4. The lowest BCUT2D eigenvalue weighted by molar-refractivity contribution is 0.708. The minimum absolute atomic E-state index is 0.369. The van der Waals surface area contributed by atoms with Crippen molar-refractivity contribution in [1.29, 1.82) is 0 Å². The van der Waals surface area contributed by atoms with E-state index in [-0.39, 0.29) is 0 Å². The topological polar surface area (TPSA) is 41.1 Å². The largest absolute Gasteiger partial charge is 0.365 e. The predicted molar refractivity (Wildman–Crippen MR) is 79.5 cm³/mol. The molecule has 19 heavy (non-hydrogen) atoms. The van der Waals surface area contributed by atoms with Crippen molar-refractivity contribution in [3.05, 3.63) is 29.4 Å². The summed E-state index contributed by atoms with van der Waals surface area (Å²) < 4.78 is 0. The molecule has 0 aromatic carbocycles. The first-order valence-corrected chi connectivity index (χ1v) is 7.02. The van der Waals surface area contributed by atoms with E-state index in [1.807, 2.05) is 13.2 Å².